The number of amides is 3. The van der Waals surface area contributed by atoms with Gasteiger partial charge < -0.3 is 5.32 Å². The Labute approximate surface area is 140 Å². The van der Waals surface area contributed by atoms with E-state index in [1.165, 1.54) is 4.90 Å². The van der Waals surface area contributed by atoms with Crippen LogP contribution in [-0.2, 0) is 4.79 Å². The van der Waals surface area contributed by atoms with Crippen molar-refractivity contribution in [2.45, 2.75) is 26.2 Å². The molecule has 5 nitrogen and oxygen atoms in total. The molecular weight excluding hydrogens is 304 g/mol. The minimum absolute atomic E-state index is 0.0451. The summed E-state index contributed by atoms with van der Waals surface area (Å²) in [5, 5.41) is 4.38. The molecule has 0 saturated heterocycles. The fourth-order valence-electron chi connectivity index (χ4n) is 3.02. The average Bonchev–Trinajstić information content (AvgIpc) is 2.60. The Hall–Kier alpha value is -2.69. The smallest absolute Gasteiger partial charge is 0.261 e. The van der Waals surface area contributed by atoms with Gasteiger partial charge in [0.1, 0.15) is 0 Å². The molecule has 0 atom stereocenters. The second kappa shape index (κ2) is 6.83. The summed E-state index contributed by atoms with van der Waals surface area (Å²) >= 11 is 0. The first kappa shape index (κ1) is 16.2. The molecule has 5 heteroatoms. The van der Waals surface area contributed by atoms with Crippen molar-refractivity contribution < 1.29 is 14.4 Å². The Morgan fingerprint density at radius 2 is 1.67 bits per heavy atom. The summed E-state index contributed by atoms with van der Waals surface area (Å²) < 4.78 is 0. The number of rotatable bonds is 6. The molecule has 0 bridgehead atoms. The Morgan fingerprint density at radius 3 is 2.25 bits per heavy atom. The van der Waals surface area contributed by atoms with E-state index in [1.54, 1.807) is 12.1 Å². The third kappa shape index (κ3) is 2.89. The van der Waals surface area contributed by atoms with E-state index in [-0.39, 0.29) is 30.8 Å². The zero-order valence-electron chi connectivity index (χ0n) is 13.7. The highest BCUT2D eigenvalue weighted by molar-refractivity contribution is 6.25. The second-order valence-electron chi connectivity index (χ2n) is 5.92. The number of hydrogen-bond acceptors (Lipinski definition) is 3. The number of nitrogens with one attached hydrogen (secondary N) is 1. The number of carbonyl (C=O) groups excluding carboxylic acids is 3. The minimum Gasteiger partial charge on any atom is -0.354 e. The monoisotopic (exact) mass is 324 g/mol. The summed E-state index contributed by atoms with van der Waals surface area (Å²) in [7, 11) is 0. The first-order chi connectivity index (χ1) is 11.6. The first-order valence-electron chi connectivity index (χ1n) is 8.28. The van der Waals surface area contributed by atoms with Gasteiger partial charge in [-0.1, -0.05) is 37.6 Å². The Bertz CT molecular complexity index is 763. The van der Waals surface area contributed by atoms with Crippen LogP contribution in [0.5, 0.6) is 0 Å². The van der Waals surface area contributed by atoms with Crippen molar-refractivity contribution >= 4 is 28.5 Å². The fraction of sp³-hybridized carbons (Fsp3) is 0.316. The second-order valence-corrected chi connectivity index (χ2v) is 5.92. The lowest BCUT2D eigenvalue weighted by Crippen LogP contribution is -2.44. The van der Waals surface area contributed by atoms with Crippen molar-refractivity contribution in [2.75, 3.05) is 13.1 Å². The van der Waals surface area contributed by atoms with Crippen molar-refractivity contribution in [3.63, 3.8) is 0 Å². The fourth-order valence-corrected chi connectivity index (χ4v) is 3.02. The lowest BCUT2D eigenvalue weighted by molar-refractivity contribution is -0.121. The predicted octanol–water partition coefficient (Wildman–Crippen LogP) is 2.74. The molecule has 24 heavy (non-hydrogen) atoms. The van der Waals surface area contributed by atoms with Gasteiger partial charge in [0.25, 0.3) is 11.8 Å². The minimum atomic E-state index is -0.299. The van der Waals surface area contributed by atoms with E-state index in [0.717, 1.165) is 23.6 Å². The molecule has 0 unspecified atom stereocenters. The van der Waals surface area contributed by atoms with Crippen LogP contribution < -0.4 is 5.32 Å². The zero-order chi connectivity index (χ0) is 17.1. The van der Waals surface area contributed by atoms with Crippen LogP contribution in [-0.4, -0.2) is 35.7 Å². The summed E-state index contributed by atoms with van der Waals surface area (Å²) in [5.41, 5.74) is 1.08. The van der Waals surface area contributed by atoms with Crippen LogP contribution in [0.15, 0.2) is 36.4 Å². The Morgan fingerprint density at radius 1 is 1.04 bits per heavy atom. The van der Waals surface area contributed by atoms with Crippen LogP contribution >= 0.6 is 0 Å². The summed E-state index contributed by atoms with van der Waals surface area (Å²) in [5.74, 6) is -0.643. The van der Waals surface area contributed by atoms with Gasteiger partial charge in [-0.05, 0) is 23.9 Å². The van der Waals surface area contributed by atoms with Crippen molar-refractivity contribution in [3.8, 4) is 0 Å². The zero-order valence-corrected chi connectivity index (χ0v) is 13.7. The number of carbonyl (C=O) groups is 3. The van der Waals surface area contributed by atoms with E-state index in [0.29, 0.717) is 17.5 Å². The third-order valence-corrected chi connectivity index (χ3v) is 4.27. The molecule has 3 rings (SSSR count). The molecule has 1 aliphatic heterocycles. The van der Waals surface area contributed by atoms with Gasteiger partial charge in [-0.2, -0.15) is 0 Å². The van der Waals surface area contributed by atoms with Gasteiger partial charge in [0.2, 0.25) is 5.91 Å². The molecule has 124 valence electrons. The quantitative estimate of drug-likeness (QED) is 0.831. The molecule has 0 radical (unpaired) electrons. The summed E-state index contributed by atoms with van der Waals surface area (Å²) in [6, 6.07) is 10.9. The van der Waals surface area contributed by atoms with Crippen LogP contribution in [0.1, 0.15) is 46.9 Å². The number of unbranched alkanes of at least 4 members (excludes halogenated alkanes) is 1. The largest absolute Gasteiger partial charge is 0.354 e. The number of nitrogens with zero attached hydrogens (tertiary/aromatic N) is 1. The van der Waals surface area contributed by atoms with Gasteiger partial charge in [-0.25, -0.2) is 0 Å². The molecule has 0 aliphatic carbocycles. The van der Waals surface area contributed by atoms with E-state index >= 15 is 0 Å². The van der Waals surface area contributed by atoms with E-state index in [9.17, 15) is 14.4 Å². The van der Waals surface area contributed by atoms with Crippen LogP contribution in [0.25, 0.3) is 10.8 Å². The molecule has 0 saturated carbocycles. The van der Waals surface area contributed by atoms with E-state index in [1.807, 2.05) is 31.2 Å². The normalized spacial score (nSPS) is 13.5. The maximum absolute atomic E-state index is 12.7. The number of imide groups is 1. The van der Waals surface area contributed by atoms with Gasteiger partial charge >= 0.3 is 0 Å². The molecule has 1 aliphatic rings. The molecule has 0 fully saturated rings. The van der Waals surface area contributed by atoms with Crippen LogP contribution in [0.3, 0.4) is 0 Å². The summed E-state index contributed by atoms with van der Waals surface area (Å²) in [4.78, 5) is 38.2. The summed E-state index contributed by atoms with van der Waals surface area (Å²) in [6.45, 7) is 2.48. The van der Waals surface area contributed by atoms with Gasteiger partial charge in [0.15, 0.2) is 0 Å². The third-order valence-electron chi connectivity index (χ3n) is 4.27. The van der Waals surface area contributed by atoms with Gasteiger partial charge in [0, 0.05) is 36.0 Å². The first-order valence-corrected chi connectivity index (χ1v) is 8.28. The lowest BCUT2D eigenvalue weighted by atomic mass is 9.94. The molecule has 1 heterocycles. The maximum Gasteiger partial charge on any atom is 0.261 e. The van der Waals surface area contributed by atoms with Crippen molar-refractivity contribution in [1.82, 2.24) is 10.2 Å². The SMILES string of the molecule is CCCCC(=O)NCCN1C(=O)c2cccc3cccc(c23)C1=O. The van der Waals surface area contributed by atoms with Crippen LogP contribution in [0.4, 0.5) is 0 Å². The lowest BCUT2D eigenvalue weighted by Gasteiger charge is -2.27. The molecule has 1 N–H and O–H groups in total. The highest BCUT2D eigenvalue weighted by Crippen LogP contribution is 2.29. The van der Waals surface area contributed by atoms with Crippen LogP contribution in [0.2, 0.25) is 0 Å². The average molecular weight is 324 g/mol. The van der Waals surface area contributed by atoms with Crippen molar-refractivity contribution in [1.29, 1.82) is 0 Å². The topological polar surface area (TPSA) is 66.5 Å². The molecule has 2 aromatic rings. The van der Waals surface area contributed by atoms with E-state index < -0.39 is 0 Å². The van der Waals surface area contributed by atoms with Crippen molar-refractivity contribution in [2.24, 2.45) is 0 Å². The van der Waals surface area contributed by atoms with Crippen molar-refractivity contribution in [3.05, 3.63) is 47.5 Å². The van der Waals surface area contributed by atoms with Gasteiger partial charge in [0.05, 0.1) is 0 Å². The van der Waals surface area contributed by atoms with E-state index in [4.69, 9.17) is 0 Å². The Kier molecular flexibility index (Phi) is 4.60. The van der Waals surface area contributed by atoms with E-state index in [2.05, 4.69) is 5.32 Å². The molecule has 3 amide bonds. The predicted molar refractivity (Wildman–Crippen MR) is 91.8 cm³/mol. The Balaban J connectivity index is 1.77. The molecular formula is C19H20N2O3. The molecule has 0 spiro atoms. The number of benzene rings is 2. The van der Waals surface area contributed by atoms with Gasteiger partial charge in [-0.15, -0.1) is 0 Å². The maximum atomic E-state index is 12.7. The van der Waals surface area contributed by atoms with Crippen LogP contribution in [0, 0.1) is 0 Å². The van der Waals surface area contributed by atoms with Gasteiger partial charge in [-0.3, -0.25) is 19.3 Å². The molecule has 0 aromatic heterocycles. The molecule has 2 aromatic carbocycles. The number of hydrogen-bond donors (Lipinski definition) is 1. The highest BCUT2D eigenvalue weighted by atomic mass is 16.2. The standard InChI is InChI=1S/C19H20N2O3/c1-2-3-10-16(22)20-11-12-21-18(23)14-8-4-6-13-7-5-9-15(17(13)14)19(21)24/h4-9H,2-3,10-12H2,1H3,(H,20,22). The summed E-state index contributed by atoms with van der Waals surface area (Å²) in [6.07, 6.45) is 2.26. The highest BCUT2D eigenvalue weighted by Gasteiger charge is 2.32.